The molecule has 5 rings (SSSR count). The van der Waals surface area contributed by atoms with Crippen LogP contribution in [0.5, 0.6) is 17.2 Å². The SMILES string of the molecule is COc1ccc(C2=NN3[C@@H](C2)c2ccccc2O[C@H]3c2ccc(Cl)c(Cl)c2)cc1OC. The van der Waals surface area contributed by atoms with Gasteiger partial charge < -0.3 is 14.2 Å². The standard InChI is InChI=1S/C24H20Cl2N2O3/c1-29-22-10-8-14(12-23(22)30-2)19-13-20-16-5-3-4-6-21(16)31-24(28(20)27-19)15-7-9-17(25)18(26)11-15/h3-12,20,24H,13H2,1-2H3/t20-,24-/m0/s1. The van der Waals surface area contributed by atoms with Crippen molar-refractivity contribution in [1.82, 2.24) is 5.01 Å². The molecule has 2 aliphatic rings. The molecule has 3 aromatic rings. The van der Waals surface area contributed by atoms with E-state index in [2.05, 4.69) is 6.07 Å². The van der Waals surface area contributed by atoms with Gasteiger partial charge in [-0.05, 0) is 36.4 Å². The minimum Gasteiger partial charge on any atom is -0.493 e. The van der Waals surface area contributed by atoms with Gasteiger partial charge in [0.1, 0.15) is 5.75 Å². The Balaban J connectivity index is 1.58. The molecule has 0 bridgehead atoms. The molecular formula is C24H20Cl2N2O3. The normalized spacial score (nSPS) is 19.2. The Labute approximate surface area is 190 Å². The molecular weight excluding hydrogens is 435 g/mol. The molecule has 0 aliphatic carbocycles. The van der Waals surface area contributed by atoms with E-state index in [0.29, 0.717) is 21.5 Å². The molecule has 0 radical (unpaired) electrons. The molecule has 2 atom stereocenters. The summed E-state index contributed by atoms with van der Waals surface area (Å²) < 4.78 is 17.2. The van der Waals surface area contributed by atoms with Crippen molar-refractivity contribution in [3.05, 3.63) is 87.4 Å². The van der Waals surface area contributed by atoms with Crippen LogP contribution < -0.4 is 14.2 Å². The number of hydrogen-bond acceptors (Lipinski definition) is 5. The summed E-state index contributed by atoms with van der Waals surface area (Å²) in [7, 11) is 3.26. The van der Waals surface area contributed by atoms with Crippen molar-refractivity contribution in [3.8, 4) is 17.2 Å². The highest BCUT2D eigenvalue weighted by atomic mass is 35.5. The van der Waals surface area contributed by atoms with Crippen molar-refractivity contribution < 1.29 is 14.2 Å². The van der Waals surface area contributed by atoms with Crippen LogP contribution in [0.25, 0.3) is 0 Å². The molecule has 3 aromatic carbocycles. The van der Waals surface area contributed by atoms with Crippen LogP contribution in [0.15, 0.2) is 65.8 Å². The van der Waals surface area contributed by atoms with Crippen molar-refractivity contribution in [2.75, 3.05) is 14.2 Å². The van der Waals surface area contributed by atoms with Gasteiger partial charge in [-0.15, -0.1) is 0 Å². The van der Waals surface area contributed by atoms with Gasteiger partial charge in [-0.1, -0.05) is 47.5 Å². The molecule has 0 N–H and O–H groups in total. The van der Waals surface area contributed by atoms with Crippen LogP contribution in [0, 0.1) is 0 Å². The number of para-hydroxylation sites is 1. The summed E-state index contributed by atoms with van der Waals surface area (Å²) in [6.45, 7) is 0. The van der Waals surface area contributed by atoms with E-state index in [4.69, 9.17) is 42.5 Å². The van der Waals surface area contributed by atoms with Crippen LogP contribution in [0.3, 0.4) is 0 Å². The summed E-state index contributed by atoms with van der Waals surface area (Å²) in [6, 6.07) is 19.5. The van der Waals surface area contributed by atoms with Gasteiger partial charge in [0.15, 0.2) is 11.5 Å². The molecule has 7 heteroatoms. The van der Waals surface area contributed by atoms with E-state index in [-0.39, 0.29) is 6.04 Å². The second-order valence-electron chi connectivity index (χ2n) is 7.40. The Morgan fingerprint density at radius 3 is 2.52 bits per heavy atom. The van der Waals surface area contributed by atoms with Gasteiger partial charge in [-0.3, -0.25) is 0 Å². The maximum absolute atomic E-state index is 6.36. The number of nitrogens with zero attached hydrogens (tertiary/aromatic N) is 2. The molecule has 0 saturated heterocycles. The first-order valence-corrected chi connectivity index (χ1v) is 10.6. The van der Waals surface area contributed by atoms with E-state index in [9.17, 15) is 0 Å². The van der Waals surface area contributed by atoms with Gasteiger partial charge in [0.25, 0.3) is 0 Å². The maximum Gasteiger partial charge on any atom is 0.213 e. The molecule has 2 aliphatic heterocycles. The second-order valence-corrected chi connectivity index (χ2v) is 8.21. The van der Waals surface area contributed by atoms with E-state index in [1.165, 1.54) is 0 Å². The number of benzene rings is 3. The third kappa shape index (κ3) is 3.48. The molecule has 0 fully saturated rings. The molecule has 158 valence electrons. The van der Waals surface area contributed by atoms with Crippen molar-refractivity contribution in [3.63, 3.8) is 0 Å². The van der Waals surface area contributed by atoms with Crippen LogP contribution >= 0.6 is 23.2 Å². The van der Waals surface area contributed by atoms with E-state index in [1.54, 1.807) is 20.3 Å². The van der Waals surface area contributed by atoms with Crippen molar-refractivity contribution in [2.24, 2.45) is 5.10 Å². The minimum absolute atomic E-state index is 0.0486. The molecule has 5 nitrogen and oxygen atoms in total. The third-order valence-electron chi connectivity index (χ3n) is 5.64. The molecule has 0 saturated carbocycles. The van der Waals surface area contributed by atoms with Gasteiger partial charge in [0, 0.05) is 23.1 Å². The van der Waals surface area contributed by atoms with Gasteiger partial charge >= 0.3 is 0 Å². The molecule has 0 aromatic heterocycles. The number of hydrazone groups is 1. The number of halogens is 2. The average Bonchev–Trinajstić information content (AvgIpc) is 3.25. The summed E-state index contributed by atoms with van der Waals surface area (Å²) in [5, 5.41) is 7.98. The zero-order valence-electron chi connectivity index (χ0n) is 17.0. The minimum atomic E-state index is -0.410. The lowest BCUT2D eigenvalue weighted by Crippen LogP contribution is -2.33. The Bertz CT molecular complexity index is 1180. The fourth-order valence-corrected chi connectivity index (χ4v) is 4.42. The number of hydrogen-bond donors (Lipinski definition) is 0. The third-order valence-corrected chi connectivity index (χ3v) is 6.38. The Kier molecular flexibility index (Phi) is 5.16. The van der Waals surface area contributed by atoms with Gasteiger partial charge in [0.2, 0.25) is 6.23 Å². The van der Waals surface area contributed by atoms with Crippen molar-refractivity contribution in [1.29, 1.82) is 0 Å². The van der Waals surface area contributed by atoms with E-state index in [0.717, 1.165) is 34.6 Å². The molecule has 0 unspecified atom stereocenters. The number of rotatable bonds is 4. The Morgan fingerprint density at radius 1 is 0.935 bits per heavy atom. The van der Waals surface area contributed by atoms with E-state index < -0.39 is 6.23 Å². The number of methoxy groups -OCH3 is 2. The number of fused-ring (bicyclic) bond motifs is 3. The highest BCUT2D eigenvalue weighted by Gasteiger charge is 2.41. The first-order valence-electron chi connectivity index (χ1n) is 9.88. The van der Waals surface area contributed by atoms with Crippen LogP contribution in [-0.2, 0) is 0 Å². The summed E-state index contributed by atoms with van der Waals surface area (Å²) >= 11 is 12.4. The first-order chi connectivity index (χ1) is 15.1. The first kappa shape index (κ1) is 20.0. The fourth-order valence-electron chi connectivity index (χ4n) is 4.11. The highest BCUT2D eigenvalue weighted by Crippen LogP contribution is 2.48. The Hall–Kier alpha value is -2.89. The lowest BCUT2D eigenvalue weighted by Gasteiger charge is -2.38. The lowest BCUT2D eigenvalue weighted by atomic mass is 9.96. The predicted octanol–water partition coefficient (Wildman–Crippen LogP) is 6.25. The summed E-state index contributed by atoms with van der Waals surface area (Å²) in [6.07, 6.45) is 0.334. The van der Waals surface area contributed by atoms with Crippen LogP contribution in [-0.4, -0.2) is 24.9 Å². The van der Waals surface area contributed by atoms with Gasteiger partial charge in [0.05, 0.1) is 36.0 Å². The predicted molar refractivity (Wildman–Crippen MR) is 122 cm³/mol. The summed E-state index contributed by atoms with van der Waals surface area (Å²) in [4.78, 5) is 0. The van der Waals surface area contributed by atoms with E-state index >= 15 is 0 Å². The maximum atomic E-state index is 6.36. The molecule has 2 heterocycles. The van der Waals surface area contributed by atoms with Crippen LogP contribution in [0.2, 0.25) is 10.0 Å². The fraction of sp³-hybridized carbons (Fsp3) is 0.208. The topological polar surface area (TPSA) is 43.3 Å². The highest BCUT2D eigenvalue weighted by molar-refractivity contribution is 6.42. The zero-order chi connectivity index (χ0) is 21.5. The van der Waals surface area contributed by atoms with Crippen LogP contribution in [0.1, 0.15) is 35.4 Å². The summed E-state index contributed by atoms with van der Waals surface area (Å²) in [5.41, 5.74) is 3.94. The average molecular weight is 455 g/mol. The smallest absolute Gasteiger partial charge is 0.213 e. The molecule has 0 amide bonds. The molecule has 31 heavy (non-hydrogen) atoms. The second kappa shape index (κ2) is 7.98. The lowest BCUT2D eigenvalue weighted by molar-refractivity contribution is -0.0190. The van der Waals surface area contributed by atoms with E-state index in [1.807, 2.05) is 53.5 Å². The van der Waals surface area contributed by atoms with Gasteiger partial charge in [-0.2, -0.15) is 5.10 Å². The van der Waals surface area contributed by atoms with Crippen molar-refractivity contribution >= 4 is 28.9 Å². The largest absolute Gasteiger partial charge is 0.493 e. The Morgan fingerprint density at radius 2 is 1.74 bits per heavy atom. The quantitative estimate of drug-likeness (QED) is 0.466. The monoisotopic (exact) mass is 454 g/mol. The summed E-state index contributed by atoms with van der Waals surface area (Å²) in [5.74, 6) is 2.21. The van der Waals surface area contributed by atoms with Gasteiger partial charge in [-0.25, -0.2) is 5.01 Å². The van der Waals surface area contributed by atoms with Crippen molar-refractivity contribution in [2.45, 2.75) is 18.7 Å². The molecule has 0 spiro atoms. The zero-order valence-corrected chi connectivity index (χ0v) is 18.5. The van der Waals surface area contributed by atoms with Crippen LogP contribution in [0.4, 0.5) is 0 Å². The number of ether oxygens (including phenoxy) is 3.